The van der Waals surface area contributed by atoms with Crippen LogP contribution in [0.25, 0.3) is 0 Å². The second kappa shape index (κ2) is 9.76. The van der Waals surface area contributed by atoms with Crippen LogP contribution in [-0.4, -0.2) is 29.9 Å². The Morgan fingerprint density at radius 2 is 2.10 bits per heavy atom. The third-order valence-corrected chi connectivity index (χ3v) is 7.87. The van der Waals surface area contributed by atoms with Gasteiger partial charge in [0.15, 0.2) is 15.6 Å². The monoisotopic (exact) mass is 420 g/mol. The van der Waals surface area contributed by atoms with Crippen LogP contribution >= 0.6 is 9.03 Å². The van der Waals surface area contributed by atoms with E-state index >= 15 is 0 Å². The first kappa shape index (κ1) is 21.1. The van der Waals surface area contributed by atoms with Crippen molar-refractivity contribution in [2.75, 3.05) is 6.61 Å². The highest BCUT2D eigenvalue weighted by molar-refractivity contribution is 7.26. The molecular weight excluding hydrogens is 387 g/mol. The van der Waals surface area contributed by atoms with Gasteiger partial charge in [-0.15, -0.1) is 0 Å². The van der Waals surface area contributed by atoms with Gasteiger partial charge in [-0.2, -0.15) is 0 Å². The predicted octanol–water partition coefficient (Wildman–Crippen LogP) is 5.15. The van der Waals surface area contributed by atoms with Gasteiger partial charge in [0.05, 0.1) is 12.2 Å². The summed E-state index contributed by atoms with van der Waals surface area (Å²) in [5.74, 6) is 1.67. The molecule has 0 bridgehead atoms. The maximum Gasteiger partial charge on any atom is 0.341 e. The Morgan fingerprint density at radius 3 is 2.93 bits per heavy atom. The van der Waals surface area contributed by atoms with E-state index in [4.69, 9.17) is 18.9 Å². The summed E-state index contributed by atoms with van der Waals surface area (Å²) in [5.41, 5.74) is 2.54. The Kier molecular flexibility index (Phi) is 7.10. The summed E-state index contributed by atoms with van der Waals surface area (Å²) < 4.78 is 17.9. The molecule has 1 heterocycles. The molecule has 6 atom stereocenters. The maximum atomic E-state index is 10.9. The minimum atomic E-state index is -0.932. The fourth-order valence-corrected chi connectivity index (χ4v) is 6.43. The molecule has 1 N–H and O–H groups in total. The molecule has 2 aliphatic carbocycles. The van der Waals surface area contributed by atoms with E-state index in [0.29, 0.717) is 30.0 Å². The van der Waals surface area contributed by atoms with Crippen LogP contribution in [0.2, 0.25) is 0 Å². The number of fused-ring (bicyclic) bond motifs is 4. The van der Waals surface area contributed by atoms with Crippen LogP contribution < -0.4 is 4.74 Å². The van der Waals surface area contributed by atoms with Crippen molar-refractivity contribution in [1.29, 1.82) is 0 Å². The maximum absolute atomic E-state index is 10.9. The summed E-state index contributed by atoms with van der Waals surface area (Å²) in [5, 5.41) is 8.96. The predicted molar refractivity (Wildman–Crippen MR) is 114 cm³/mol. The number of carbonyl (C=O) groups is 1. The number of hydrogen-bond donors (Lipinski definition) is 1. The highest BCUT2D eigenvalue weighted by atomic mass is 31.1. The highest BCUT2D eigenvalue weighted by Crippen LogP contribution is 2.51. The van der Waals surface area contributed by atoms with Crippen LogP contribution in [-0.2, 0) is 26.7 Å². The smallest absolute Gasteiger partial charge is 0.341 e. The van der Waals surface area contributed by atoms with Crippen molar-refractivity contribution in [1.82, 2.24) is 0 Å². The fraction of sp³-hybridized carbons (Fsp3) is 0.696. The number of carboxylic acids is 1. The molecule has 2 fully saturated rings. The molecule has 0 aromatic heterocycles. The molecule has 1 aliphatic heterocycles. The van der Waals surface area contributed by atoms with Crippen molar-refractivity contribution < 1.29 is 23.7 Å². The lowest BCUT2D eigenvalue weighted by Gasteiger charge is -2.34. The van der Waals surface area contributed by atoms with Crippen LogP contribution in [0.15, 0.2) is 18.2 Å². The second-order valence-electron chi connectivity index (χ2n) is 8.86. The number of carboxylic acid groups (broad SMARTS) is 1. The molecule has 6 heteroatoms. The first-order chi connectivity index (χ1) is 14.2. The van der Waals surface area contributed by atoms with Gasteiger partial charge in [-0.1, -0.05) is 38.3 Å². The molecular formula is C23H33O5P. The topological polar surface area (TPSA) is 65.0 Å². The zero-order valence-electron chi connectivity index (χ0n) is 17.3. The normalized spacial score (nSPS) is 32.0. The Morgan fingerprint density at radius 1 is 1.21 bits per heavy atom. The largest absolute Gasteiger partial charge is 0.482 e. The van der Waals surface area contributed by atoms with Gasteiger partial charge in [-0.05, 0) is 73.5 Å². The molecule has 1 unspecified atom stereocenters. The van der Waals surface area contributed by atoms with Gasteiger partial charge in [0, 0.05) is 0 Å². The summed E-state index contributed by atoms with van der Waals surface area (Å²) in [6.07, 6.45) is 11.0. The van der Waals surface area contributed by atoms with Gasteiger partial charge >= 0.3 is 5.97 Å². The van der Waals surface area contributed by atoms with Gasteiger partial charge < -0.3 is 18.9 Å². The minimum absolute atomic E-state index is 0.162. The van der Waals surface area contributed by atoms with Gasteiger partial charge in [-0.25, -0.2) is 4.79 Å². The van der Waals surface area contributed by atoms with Crippen LogP contribution in [0.1, 0.15) is 63.0 Å². The summed E-state index contributed by atoms with van der Waals surface area (Å²) >= 11 is 0. The van der Waals surface area contributed by atoms with Crippen LogP contribution in [0, 0.1) is 17.8 Å². The van der Waals surface area contributed by atoms with E-state index in [1.165, 1.54) is 36.8 Å². The van der Waals surface area contributed by atoms with E-state index in [2.05, 4.69) is 13.0 Å². The number of aliphatic carboxylic acids is 1. The molecule has 29 heavy (non-hydrogen) atoms. The standard InChI is InChI=1S/C23H33O5P/c1-2-3-4-7-17-9-10-18-19-11-15-6-5-8-21(26-14-23(24)25)20(15)12-16(19)13-22(18)28-29-27-17/h5-6,8,16-19,22,29H,2-4,7,9-14H2,1H3,(H,24,25)/t16-,17-,18+,19-,22+/m0/s1. The lowest BCUT2D eigenvalue weighted by molar-refractivity contribution is -0.139. The van der Waals surface area contributed by atoms with Crippen LogP contribution in [0.5, 0.6) is 5.75 Å². The Hall–Kier alpha value is -1.16. The molecule has 1 saturated carbocycles. The molecule has 1 aromatic rings. The Balaban J connectivity index is 1.43. The van der Waals surface area contributed by atoms with Crippen LogP contribution in [0.4, 0.5) is 0 Å². The van der Waals surface area contributed by atoms with E-state index in [-0.39, 0.29) is 15.6 Å². The van der Waals surface area contributed by atoms with E-state index in [1.807, 2.05) is 12.1 Å². The highest BCUT2D eigenvalue weighted by Gasteiger charge is 2.46. The van der Waals surface area contributed by atoms with E-state index < -0.39 is 5.97 Å². The minimum Gasteiger partial charge on any atom is -0.482 e. The third kappa shape index (κ3) is 4.95. The number of benzene rings is 1. The van der Waals surface area contributed by atoms with E-state index in [0.717, 1.165) is 37.9 Å². The number of unbranched alkanes of at least 4 members (excludes halogenated alkanes) is 2. The average Bonchev–Trinajstić information content (AvgIpc) is 3.02. The molecule has 1 aromatic carbocycles. The van der Waals surface area contributed by atoms with Crippen LogP contribution in [0.3, 0.4) is 0 Å². The third-order valence-electron chi connectivity index (χ3n) is 7.04. The Bertz CT molecular complexity index is 709. The molecule has 1 saturated heterocycles. The molecule has 4 rings (SSSR count). The van der Waals surface area contributed by atoms with Gasteiger partial charge in [0.25, 0.3) is 0 Å². The lowest BCUT2D eigenvalue weighted by Crippen LogP contribution is -2.29. The summed E-state index contributed by atoms with van der Waals surface area (Å²) in [7, 11) is 0.162. The van der Waals surface area contributed by atoms with Gasteiger partial charge in [0.1, 0.15) is 5.75 Å². The van der Waals surface area contributed by atoms with E-state index in [1.54, 1.807) is 0 Å². The molecule has 0 spiro atoms. The molecule has 0 radical (unpaired) electrons. The SMILES string of the molecule is CCCCC[C@H]1CC[C@@H]2[C@H]3Cc4cccc(OCC(=O)O)c4C[C@H]3C[C@H]2OPO1. The fourth-order valence-electron chi connectivity index (χ4n) is 5.61. The van der Waals surface area contributed by atoms with Crippen molar-refractivity contribution in [3.63, 3.8) is 0 Å². The van der Waals surface area contributed by atoms with Crippen molar-refractivity contribution in [3.05, 3.63) is 29.3 Å². The number of hydrogen-bond acceptors (Lipinski definition) is 4. The summed E-state index contributed by atoms with van der Waals surface area (Å²) in [4.78, 5) is 10.9. The molecule has 3 aliphatic rings. The quantitative estimate of drug-likeness (QED) is 0.488. The summed E-state index contributed by atoms with van der Waals surface area (Å²) in [6, 6.07) is 6.10. The zero-order chi connectivity index (χ0) is 20.2. The second-order valence-corrected chi connectivity index (χ2v) is 9.50. The molecule has 5 nitrogen and oxygen atoms in total. The zero-order valence-corrected chi connectivity index (χ0v) is 18.3. The average molecular weight is 420 g/mol. The van der Waals surface area contributed by atoms with Crippen molar-refractivity contribution in [2.24, 2.45) is 17.8 Å². The van der Waals surface area contributed by atoms with Gasteiger partial charge in [-0.3, -0.25) is 0 Å². The van der Waals surface area contributed by atoms with Crippen molar-refractivity contribution in [3.8, 4) is 5.75 Å². The Labute approximate surface area is 175 Å². The van der Waals surface area contributed by atoms with Crippen molar-refractivity contribution in [2.45, 2.75) is 76.9 Å². The first-order valence-electron chi connectivity index (χ1n) is 11.2. The first-order valence-corrected chi connectivity index (χ1v) is 12.0. The molecule has 0 amide bonds. The number of ether oxygens (including phenoxy) is 1. The lowest BCUT2D eigenvalue weighted by atomic mass is 9.73. The van der Waals surface area contributed by atoms with Gasteiger partial charge in [0.2, 0.25) is 0 Å². The van der Waals surface area contributed by atoms with E-state index in [9.17, 15) is 4.79 Å². The molecule has 160 valence electrons. The van der Waals surface area contributed by atoms with Crippen molar-refractivity contribution >= 4 is 15.0 Å². The number of rotatable bonds is 7. The summed E-state index contributed by atoms with van der Waals surface area (Å²) in [6.45, 7) is 1.96.